The van der Waals surface area contributed by atoms with Crippen LogP contribution in [0.5, 0.6) is 0 Å². The summed E-state index contributed by atoms with van der Waals surface area (Å²) in [4.78, 5) is 15.8. The summed E-state index contributed by atoms with van der Waals surface area (Å²) in [5, 5.41) is 11.6. The van der Waals surface area contributed by atoms with Crippen molar-refractivity contribution < 1.29 is 4.79 Å². The van der Waals surface area contributed by atoms with E-state index in [-0.39, 0.29) is 11.9 Å². The fraction of sp³-hybridized carbons (Fsp3) is 0.364. The van der Waals surface area contributed by atoms with Crippen molar-refractivity contribution in [1.29, 1.82) is 5.26 Å². The molecule has 1 heterocycles. The third-order valence-corrected chi connectivity index (χ3v) is 3.13. The average Bonchev–Trinajstić information content (AvgIpc) is 3.10. The van der Waals surface area contributed by atoms with E-state index in [9.17, 15) is 4.79 Å². The van der Waals surface area contributed by atoms with Gasteiger partial charge in [0.2, 0.25) is 0 Å². The molecule has 1 N–H and O–H groups in total. The number of nitrogens with one attached hydrogen (secondary N) is 1. The van der Waals surface area contributed by atoms with Crippen molar-refractivity contribution in [3.05, 3.63) is 28.5 Å². The molecular formula is C11H10BrN3O. The van der Waals surface area contributed by atoms with Crippen molar-refractivity contribution in [2.75, 3.05) is 0 Å². The Bertz CT molecular complexity index is 451. The monoisotopic (exact) mass is 279 g/mol. The van der Waals surface area contributed by atoms with E-state index in [2.05, 4.69) is 32.3 Å². The normalized spacial score (nSPS) is 16.2. The van der Waals surface area contributed by atoms with E-state index in [4.69, 9.17) is 5.26 Å². The first-order valence-corrected chi connectivity index (χ1v) is 5.82. The molecule has 1 aliphatic rings. The van der Waals surface area contributed by atoms with Crippen LogP contribution in [-0.2, 0) is 0 Å². The van der Waals surface area contributed by atoms with E-state index in [1.54, 1.807) is 18.3 Å². The number of carbonyl (C=O) groups is 1. The maximum atomic E-state index is 11.8. The highest BCUT2D eigenvalue weighted by Gasteiger charge is 2.32. The molecule has 4 nitrogen and oxygen atoms in total. The Kier molecular flexibility index (Phi) is 3.20. The second kappa shape index (κ2) is 4.62. The number of pyridine rings is 1. The number of carbonyl (C=O) groups excluding carboxylic acids is 1. The molecule has 0 bridgehead atoms. The second-order valence-electron chi connectivity index (χ2n) is 3.75. The SMILES string of the molecule is N#CC(NC(=O)c1ncccc1Br)C1CC1. The number of rotatable bonds is 3. The van der Waals surface area contributed by atoms with Gasteiger partial charge in [-0.2, -0.15) is 5.26 Å². The average molecular weight is 280 g/mol. The summed E-state index contributed by atoms with van der Waals surface area (Å²) in [7, 11) is 0. The van der Waals surface area contributed by atoms with E-state index < -0.39 is 0 Å². The van der Waals surface area contributed by atoms with E-state index in [1.165, 1.54) is 0 Å². The van der Waals surface area contributed by atoms with Crippen molar-refractivity contribution in [2.24, 2.45) is 5.92 Å². The lowest BCUT2D eigenvalue weighted by atomic mass is 10.2. The van der Waals surface area contributed by atoms with Gasteiger partial charge in [0.05, 0.1) is 6.07 Å². The fourth-order valence-electron chi connectivity index (χ4n) is 1.45. The lowest BCUT2D eigenvalue weighted by Crippen LogP contribution is -2.35. The quantitative estimate of drug-likeness (QED) is 0.919. The summed E-state index contributed by atoms with van der Waals surface area (Å²) < 4.78 is 0.639. The van der Waals surface area contributed by atoms with Crippen LogP contribution in [-0.4, -0.2) is 16.9 Å². The first-order chi connectivity index (χ1) is 7.72. The molecule has 1 aromatic rings. The molecule has 1 atom stereocenters. The molecule has 0 radical (unpaired) electrons. The molecule has 2 rings (SSSR count). The zero-order valence-electron chi connectivity index (χ0n) is 8.48. The molecule has 5 heteroatoms. The van der Waals surface area contributed by atoms with Gasteiger partial charge in [0.1, 0.15) is 11.7 Å². The van der Waals surface area contributed by atoms with Crippen LogP contribution in [0.1, 0.15) is 23.3 Å². The van der Waals surface area contributed by atoms with Gasteiger partial charge in [-0.1, -0.05) is 0 Å². The minimum absolute atomic E-state index is 0.300. The Morgan fingerprint density at radius 2 is 2.44 bits per heavy atom. The standard InChI is InChI=1S/C11H10BrN3O/c12-8-2-1-5-14-10(8)11(16)15-9(6-13)7-3-4-7/h1-2,5,7,9H,3-4H2,(H,15,16). The second-order valence-corrected chi connectivity index (χ2v) is 4.61. The Balaban J connectivity index is 2.08. The summed E-state index contributed by atoms with van der Waals surface area (Å²) in [6, 6.07) is 5.21. The lowest BCUT2D eigenvalue weighted by molar-refractivity contribution is 0.0936. The molecule has 0 saturated heterocycles. The van der Waals surface area contributed by atoms with Crippen LogP contribution in [0.15, 0.2) is 22.8 Å². The van der Waals surface area contributed by atoms with Gasteiger partial charge in [-0.15, -0.1) is 0 Å². The maximum absolute atomic E-state index is 11.8. The van der Waals surface area contributed by atoms with Crippen molar-refractivity contribution in [1.82, 2.24) is 10.3 Å². The van der Waals surface area contributed by atoms with Crippen LogP contribution >= 0.6 is 15.9 Å². The predicted molar refractivity (Wildman–Crippen MR) is 61.5 cm³/mol. The fourth-order valence-corrected chi connectivity index (χ4v) is 1.88. The highest BCUT2D eigenvalue weighted by molar-refractivity contribution is 9.10. The van der Waals surface area contributed by atoms with E-state index >= 15 is 0 Å². The van der Waals surface area contributed by atoms with E-state index in [1.807, 2.05) is 0 Å². The third-order valence-electron chi connectivity index (χ3n) is 2.49. The molecular weight excluding hydrogens is 270 g/mol. The Morgan fingerprint density at radius 3 is 3.00 bits per heavy atom. The minimum atomic E-state index is -0.388. The number of amides is 1. The number of hydrogen-bond acceptors (Lipinski definition) is 3. The number of halogens is 1. The number of hydrogen-bond donors (Lipinski definition) is 1. The summed E-state index contributed by atoms with van der Waals surface area (Å²) in [6.45, 7) is 0. The number of aromatic nitrogens is 1. The zero-order valence-corrected chi connectivity index (χ0v) is 10.1. The molecule has 1 aliphatic carbocycles. The summed E-state index contributed by atoms with van der Waals surface area (Å²) >= 11 is 3.26. The Hall–Kier alpha value is -1.41. The van der Waals surface area contributed by atoms with Gasteiger partial charge in [0.15, 0.2) is 0 Å². The topological polar surface area (TPSA) is 65.8 Å². The molecule has 1 saturated carbocycles. The summed E-state index contributed by atoms with van der Waals surface area (Å²) in [5.74, 6) is 0.0161. The van der Waals surface area contributed by atoms with Crippen molar-refractivity contribution in [2.45, 2.75) is 18.9 Å². The van der Waals surface area contributed by atoms with Crippen LogP contribution in [0.2, 0.25) is 0 Å². The molecule has 16 heavy (non-hydrogen) atoms. The van der Waals surface area contributed by atoms with Gasteiger partial charge in [-0.25, -0.2) is 4.98 Å². The highest BCUT2D eigenvalue weighted by Crippen LogP contribution is 2.32. The Morgan fingerprint density at radius 1 is 1.69 bits per heavy atom. The molecule has 1 unspecified atom stereocenters. The van der Waals surface area contributed by atoms with Crippen molar-refractivity contribution >= 4 is 21.8 Å². The maximum Gasteiger partial charge on any atom is 0.272 e. The van der Waals surface area contributed by atoms with Gasteiger partial charge in [0.25, 0.3) is 5.91 Å². The van der Waals surface area contributed by atoms with Gasteiger partial charge in [-0.3, -0.25) is 4.79 Å². The first kappa shape index (κ1) is 11.1. The van der Waals surface area contributed by atoms with Crippen molar-refractivity contribution in [3.8, 4) is 6.07 Å². The van der Waals surface area contributed by atoms with Gasteiger partial charge in [-0.05, 0) is 46.8 Å². The van der Waals surface area contributed by atoms with Gasteiger partial charge < -0.3 is 5.32 Å². The van der Waals surface area contributed by atoms with Crippen LogP contribution in [0.25, 0.3) is 0 Å². The number of nitrogens with zero attached hydrogens (tertiary/aromatic N) is 2. The van der Waals surface area contributed by atoms with E-state index in [0.717, 1.165) is 12.8 Å². The minimum Gasteiger partial charge on any atom is -0.335 e. The van der Waals surface area contributed by atoms with Gasteiger partial charge in [0, 0.05) is 10.7 Å². The van der Waals surface area contributed by atoms with Crippen molar-refractivity contribution in [3.63, 3.8) is 0 Å². The van der Waals surface area contributed by atoms with Crippen LogP contribution < -0.4 is 5.32 Å². The highest BCUT2D eigenvalue weighted by atomic mass is 79.9. The van der Waals surface area contributed by atoms with E-state index in [0.29, 0.717) is 16.1 Å². The van der Waals surface area contributed by atoms with Gasteiger partial charge >= 0.3 is 0 Å². The first-order valence-electron chi connectivity index (χ1n) is 5.03. The number of nitriles is 1. The molecule has 1 amide bonds. The van der Waals surface area contributed by atoms with Crippen LogP contribution in [0.3, 0.4) is 0 Å². The smallest absolute Gasteiger partial charge is 0.272 e. The Labute approximate surface area is 102 Å². The summed E-state index contributed by atoms with van der Waals surface area (Å²) in [5.41, 5.74) is 0.323. The molecule has 0 aliphatic heterocycles. The predicted octanol–water partition coefficient (Wildman–Crippen LogP) is 1.88. The molecule has 0 spiro atoms. The molecule has 1 fully saturated rings. The molecule has 0 aromatic carbocycles. The third kappa shape index (κ3) is 2.39. The molecule has 82 valence electrons. The summed E-state index contributed by atoms with van der Waals surface area (Å²) in [6.07, 6.45) is 3.59. The zero-order chi connectivity index (χ0) is 11.5. The largest absolute Gasteiger partial charge is 0.335 e. The molecule has 1 aromatic heterocycles. The van der Waals surface area contributed by atoms with Crippen LogP contribution in [0, 0.1) is 17.2 Å². The lowest BCUT2D eigenvalue weighted by Gasteiger charge is -2.10. The van der Waals surface area contributed by atoms with Crippen LogP contribution in [0.4, 0.5) is 0 Å².